The van der Waals surface area contributed by atoms with Gasteiger partial charge in [-0.05, 0) is 29.5 Å². The SMILES string of the molecule is CN=CC(=CN)c1ccc(C(C)C)c(C)c1. The average molecular weight is 216 g/mol. The number of hydrogen-bond acceptors (Lipinski definition) is 2. The van der Waals surface area contributed by atoms with Gasteiger partial charge >= 0.3 is 0 Å². The summed E-state index contributed by atoms with van der Waals surface area (Å²) in [5.41, 5.74) is 10.4. The molecular weight excluding hydrogens is 196 g/mol. The van der Waals surface area contributed by atoms with Gasteiger partial charge in [0.1, 0.15) is 0 Å². The Morgan fingerprint density at radius 2 is 2.06 bits per heavy atom. The van der Waals surface area contributed by atoms with Crippen LogP contribution in [0.15, 0.2) is 29.4 Å². The molecule has 0 aliphatic heterocycles. The lowest BCUT2D eigenvalue weighted by Gasteiger charge is -2.11. The second-order valence-corrected chi connectivity index (χ2v) is 4.24. The maximum Gasteiger partial charge on any atom is 0.0301 e. The Kier molecular flexibility index (Phi) is 4.29. The molecule has 0 aliphatic carbocycles. The highest BCUT2D eigenvalue weighted by Gasteiger charge is 2.05. The van der Waals surface area contributed by atoms with Gasteiger partial charge in [0.25, 0.3) is 0 Å². The Labute approximate surface area is 97.9 Å². The van der Waals surface area contributed by atoms with Crippen molar-refractivity contribution in [3.05, 3.63) is 41.1 Å². The average Bonchev–Trinajstić information content (AvgIpc) is 2.25. The molecule has 0 radical (unpaired) electrons. The van der Waals surface area contributed by atoms with Gasteiger partial charge in [0.05, 0.1) is 0 Å². The van der Waals surface area contributed by atoms with Gasteiger partial charge in [0.15, 0.2) is 0 Å². The third-order valence-electron chi connectivity index (χ3n) is 2.67. The van der Waals surface area contributed by atoms with E-state index >= 15 is 0 Å². The van der Waals surface area contributed by atoms with Crippen LogP contribution in [0.5, 0.6) is 0 Å². The van der Waals surface area contributed by atoms with Crippen LogP contribution < -0.4 is 5.73 Å². The third-order valence-corrected chi connectivity index (χ3v) is 2.67. The van der Waals surface area contributed by atoms with E-state index in [2.05, 4.69) is 44.0 Å². The lowest BCUT2D eigenvalue weighted by Crippen LogP contribution is -1.96. The van der Waals surface area contributed by atoms with Crippen molar-refractivity contribution >= 4 is 11.8 Å². The van der Waals surface area contributed by atoms with Crippen LogP contribution in [0.25, 0.3) is 5.57 Å². The summed E-state index contributed by atoms with van der Waals surface area (Å²) in [7, 11) is 1.75. The van der Waals surface area contributed by atoms with Gasteiger partial charge in [-0.15, -0.1) is 0 Å². The molecule has 2 nitrogen and oxygen atoms in total. The largest absolute Gasteiger partial charge is 0.404 e. The Morgan fingerprint density at radius 1 is 1.38 bits per heavy atom. The predicted octanol–water partition coefficient (Wildman–Crippen LogP) is 3.12. The number of aryl methyl sites for hydroxylation is 1. The zero-order valence-electron chi connectivity index (χ0n) is 10.5. The molecule has 0 atom stereocenters. The molecule has 0 spiro atoms. The molecule has 0 amide bonds. The maximum atomic E-state index is 5.59. The Hall–Kier alpha value is -1.57. The molecule has 1 aromatic carbocycles. The van der Waals surface area contributed by atoms with Crippen molar-refractivity contribution in [2.45, 2.75) is 26.7 Å². The van der Waals surface area contributed by atoms with E-state index in [1.807, 2.05) is 0 Å². The van der Waals surface area contributed by atoms with Gasteiger partial charge in [-0.2, -0.15) is 0 Å². The fourth-order valence-electron chi connectivity index (χ4n) is 1.86. The van der Waals surface area contributed by atoms with Gasteiger partial charge in [0.2, 0.25) is 0 Å². The molecular formula is C14H20N2. The zero-order chi connectivity index (χ0) is 12.1. The molecule has 86 valence electrons. The smallest absolute Gasteiger partial charge is 0.0301 e. The van der Waals surface area contributed by atoms with Crippen LogP contribution in [0.1, 0.15) is 36.5 Å². The molecule has 0 fully saturated rings. The minimum Gasteiger partial charge on any atom is -0.404 e. The highest BCUT2D eigenvalue weighted by Crippen LogP contribution is 2.22. The normalized spacial score (nSPS) is 12.7. The molecule has 0 aromatic heterocycles. The molecule has 0 saturated heterocycles. The van der Waals surface area contributed by atoms with Crippen LogP contribution in [0, 0.1) is 6.92 Å². The van der Waals surface area contributed by atoms with Crippen LogP contribution in [0.3, 0.4) is 0 Å². The number of nitrogens with two attached hydrogens (primary N) is 1. The molecule has 0 aliphatic rings. The molecule has 0 saturated carbocycles. The quantitative estimate of drug-likeness (QED) is 0.775. The van der Waals surface area contributed by atoms with E-state index in [1.165, 1.54) is 11.1 Å². The Bertz CT molecular complexity index is 415. The van der Waals surface area contributed by atoms with Gasteiger partial charge in [0, 0.05) is 25.0 Å². The first-order chi connectivity index (χ1) is 7.60. The van der Waals surface area contributed by atoms with Crippen molar-refractivity contribution in [3.63, 3.8) is 0 Å². The third kappa shape index (κ3) is 2.72. The zero-order valence-corrected chi connectivity index (χ0v) is 10.5. The van der Waals surface area contributed by atoms with E-state index < -0.39 is 0 Å². The molecule has 16 heavy (non-hydrogen) atoms. The van der Waals surface area contributed by atoms with Crippen molar-refractivity contribution in [1.29, 1.82) is 0 Å². The van der Waals surface area contributed by atoms with Crippen LogP contribution in [0.2, 0.25) is 0 Å². The second kappa shape index (κ2) is 5.50. The van der Waals surface area contributed by atoms with E-state index in [-0.39, 0.29) is 0 Å². The molecule has 1 rings (SSSR count). The van der Waals surface area contributed by atoms with Gasteiger partial charge in [-0.1, -0.05) is 32.0 Å². The molecule has 2 N–H and O–H groups in total. The summed E-state index contributed by atoms with van der Waals surface area (Å²) < 4.78 is 0. The number of rotatable bonds is 3. The van der Waals surface area contributed by atoms with Crippen LogP contribution >= 0.6 is 0 Å². The van der Waals surface area contributed by atoms with Crippen molar-refractivity contribution in [1.82, 2.24) is 0 Å². The lowest BCUT2D eigenvalue weighted by molar-refractivity contribution is 0.856. The van der Waals surface area contributed by atoms with Crippen LogP contribution in [-0.2, 0) is 0 Å². The van der Waals surface area contributed by atoms with E-state index in [4.69, 9.17) is 5.73 Å². The fraction of sp³-hybridized carbons (Fsp3) is 0.357. The lowest BCUT2D eigenvalue weighted by atomic mass is 9.94. The number of nitrogens with zero attached hydrogens (tertiary/aromatic N) is 1. The Balaban J connectivity index is 3.15. The molecule has 1 aromatic rings. The summed E-state index contributed by atoms with van der Waals surface area (Å²) in [5, 5.41) is 0. The van der Waals surface area contributed by atoms with Crippen molar-refractivity contribution in [2.75, 3.05) is 7.05 Å². The predicted molar refractivity (Wildman–Crippen MR) is 71.8 cm³/mol. The number of allylic oxidation sites excluding steroid dienone is 1. The number of aliphatic imine (C=N–C) groups is 1. The first-order valence-electron chi connectivity index (χ1n) is 5.55. The highest BCUT2D eigenvalue weighted by molar-refractivity contribution is 6.09. The molecule has 0 heterocycles. The summed E-state index contributed by atoms with van der Waals surface area (Å²) in [6.07, 6.45) is 3.38. The van der Waals surface area contributed by atoms with E-state index in [9.17, 15) is 0 Å². The van der Waals surface area contributed by atoms with E-state index in [0.717, 1.165) is 11.1 Å². The Morgan fingerprint density at radius 3 is 2.50 bits per heavy atom. The summed E-state index contributed by atoms with van der Waals surface area (Å²) in [5.74, 6) is 0.555. The standard InChI is InChI=1S/C14H20N2/c1-10(2)14-6-5-12(7-11(14)3)13(8-15)9-16-4/h5-10H,15H2,1-4H3. The van der Waals surface area contributed by atoms with Gasteiger partial charge in [-0.25, -0.2) is 0 Å². The van der Waals surface area contributed by atoms with Crippen molar-refractivity contribution < 1.29 is 0 Å². The number of hydrogen-bond donors (Lipinski definition) is 1. The summed E-state index contributed by atoms with van der Waals surface area (Å²) in [6, 6.07) is 6.43. The van der Waals surface area contributed by atoms with E-state index in [1.54, 1.807) is 19.5 Å². The summed E-state index contributed by atoms with van der Waals surface area (Å²) in [6.45, 7) is 6.54. The summed E-state index contributed by atoms with van der Waals surface area (Å²) >= 11 is 0. The topological polar surface area (TPSA) is 38.4 Å². The monoisotopic (exact) mass is 216 g/mol. The van der Waals surface area contributed by atoms with Gasteiger partial charge < -0.3 is 5.73 Å². The number of benzene rings is 1. The van der Waals surface area contributed by atoms with Crippen molar-refractivity contribution in [2.24, 2.45) is 10.7 Å². The van der Waals surface area contributed by atoms with Gasteiger partial charge in [-0.3, -0.25) is 4.99 Å². The molecule has 0 bridgehead atoms. The molecule has 0 unspecified atom stereocenters. The highest BCUT2D eigenvalue weighted by atomic mass is 14.6. The summed E-state index contributed by atoms with van der Waals surface area (Å²) in [4.78, 5) is 4.00. The molecule has 2 heteroatoms. The second-order valence-electron chi connectivity index (χ2n) is 4.24. The minimum atomic E-state index is 0.555. The van der Waals surface area contributed by atoms with Crippen molar-refractivity contribution in [3.8, 4) is 0 Å². The van der Waals surface area contributed by atoms with E-state index in [0.29, 0.717) is 5.92 Å². The first-order valence-corrected chi connectivity index (χ1v) is 5.55. The fourth-order valence-corrected chi connectivity index (χ4v) is 1.86. The maximum absolute atomic E-state index is 5.59. The van der Waals surface area contributed by atoms with Crippen LogP contribution in [0.4, 0.5) is 0 Å². The van der Waals surface area contributed by atoms with Crippen LogP contribution in [-0.4, -0.2) is 13.3 Å². The first kappa shape index (κ1) is 12.5. The minimum absolute atomic E-state index is 0.555.